The average molecular weight is 198 g/mol. The van der Waals surface area contributed by atoms with Crippen molar-refractivity contribution >= 4 is 18.2 Å². The molecule has 1 spiro atoms. The Hall–Kier alpha value is -1.43. The van der Waals surface area contributed by atoms with E-state index in [1.807, 2.05) is 0 Å². The Kier molecular flexibility index (Phi) is 1.99. The zero-order chi connectivity index (χ0) is 10.2. The highest BCUT2D eigenvalue weighted by Crippen LogP contribution is 2.26. The van der Waals surface area contributed by atoms with E-state index in [4.69, 9.17) is 4.74 Å². The van der Waals surface area contributed by atoms with Crippen LogP contribution in [-0.2, 0) is 14.3 Å². The monoisotopic (exact) mass is 198 g/mol. The zero-order valence-electron chi connectivity index (χ0n) is 7.49. The maximum atomic E-state index is 11.7. The van der Waals surface area contributed by atoms with Crippen LogP contribution in [0.25, 0.3) is 0 Å². The number of aldehydes is 1. The maximum absolute atomic E-state index is 11.7. The number of nitrogens with one attached hydrogen (secondary N) is 1. The molecule has 1 N–H and O–H groups in total. The van der Waals surface area contributed by atoms with Gasteiger partial charge in [0.25, 0.3) is 5.91 Å². The first-order chi connectivity index (χ1) is 6.69. The second-order valence-corrected chi connectivity index (χ2v) is 3.40. The molecule has 0 saturated carbocycles. The van der Waals surface area contributed by atoms with Crippen molar-refractivity contribution in [2.45, 2.75) is 12.0 Å². The SMILES string of the molecule is O=CCN1C(=O)NC2(CCOC2)C1=O. The van der Waals surface area contributed by atoms with Crippen molar-refractivity contribution in [3.8, 4) is 0 Å². The summed E-state index contributed by atoms with van der Waals surface area (Å²) in [6.07, 6.45) is 1.01. The van der Waals surface area contributed by atoms with Crippen LogP contribution in [0.15, 0.2) is 0 Å². The Morgan fingerprint density at radius 3 is 2.93 bits per heavy atom. The maximum Gasteiger partial charge on any atom is 0.325 e. The molecule has 2 fully saturated rings. The molecule has 0 bridgehead atoms. The van der Waals surface area contributed by atoms with Crippen LogP contribution in [0.3, 0.4) is 0 Å². The van der Waals surface area contributed by atoms with Crippen LogP contribution in [0.2, 0.25) is 0 Å². The van der Waals surface area contributed by atoms with E-state index in [0.717, 1.165) is 4.90 Å². The fourth-order valence-electron chi connectivity index (χ4n) is 1.75. The number of carbonyl (C=O) groups excluding carboxylic acids is 3. The Morgan fingerprint density at radius 2 is 2.36 bits per heavy atom. The Labute approximate surface area is 80.2 Å². The summed E-state index contributed by atoms with van der Waals surface area (Å²) < 4.78 is 5.08. The van der Waals surface area contributed by atoms with E-state index < -0.39 is 11.6 Å². The van der Waals surface area contributed by atoms with Gasteiger partial charge in [0.05, 0.1) is 13.2 Å². The van der Waals surface area contributed by atoms with Gasteiger partial charge in [0.15, 0.2) is 0 Å². The highest BCUT2D eigenvalue weighted by molar-refractivity contribution is 6.08. The normalized spacial score (nSPS) is 31.3. The van der Waals surface area contributed by atoms with Gasteiger partial charge in [-0.15, -0.1) is 0 Å². The molecular weight excluding hydrogens is 188 g/mol. The number of rotatable bonds is 2. The number of ether oxygens (including phenoxy) is 1. The molecule has 2 saturated heterocycles. The Morgan fingerprint density at radius 1 is 1.57 bits per heavy atom. The number of carbonyl (C=O) groups is 3. The minimum atomic E-state index is -0.903. The molecule has 6 nitrogen and oxygen atoms in total. The van der Waals surface area contributed by atoms with Gasteiger partial charge in [-0.2, -0.15) is 0 Å². The van der Waals surface area contributed by atoms with Crippen LogP contribution in [0.5, 0.6) is 0 Å². The molecule has 3 amide bonds. The summed E-state index contributed by atoms with van der Waals surface area (Å²) in [4.78, 5) is 34.2. The van der Waals surface area contributed by atoms with Crippen molar-refractivity contribution in [2.24, 2.45) is 0 Å². The smallest absolute Gasteiger partial charge is 0.325 e. The zero-order valence-corrected chi connectivity index (χ0v) is 7.49. The fraction of sp³-hybridized carbons (Fsp3) is 0.625. The van der Waals surface area contributed by atoms with Gasteiger partial charge in [0.1, 0.15) is 11.8 Å². The molecule has 0 aromatic carbocycles. The molecule has 0 aliphatic carbocycles. The second-order valence-electron chi connectivity index (χ2n) is 3.40. The van der Waals surface area contributed by atoms with E-state index in [1.165, 1.54) is 0 Å². The lowest BCUT2D eigenvalue weighted by Crippen LogP contribution is -2.47. The van der Waals surface area contributed by atoms with E-state index in [0.29, 0.717) is 19.3 Å². The summed E-state index contributed by atoms with van der Waals surface area (Å²) in [5, 5.41) is 2.57. The molecule has 0 radical (unpaired) electrons. The Balaban J connectivity index is 2.21. The van der Waals surface area contributed by atoms with Crippen LogP contribution in [-0.4, -0.2) is 48.4 Å². The van der Waals surface area contributed by atoms with E-state index in [-0.39, 0.29) is 19.1 Å². The predicted molar refractivity (Wildman–Crippen MR) is 44.5 cm³/mol. The first-order valence-corrected chi connectivity index (χ1v) is 4.35. The number of hydrogen-bond acceptors (Lipinski definition) is 4. The third-order valence-electron chi connectivity index (χ3n) is 2.52. The third-order valence-corrected chi connectivity index (χ3v) is 2.52. The molecule has 14 heavy (non-hydrogen) atoms. The molecule has 2 aliphatic rings. The van der Waals surface area contributed by atoms with Gasteiger partial charge in [0.2, 0.25) is 0 Å². The second kappa shape index (κ2) is 3.06. The van der Waals surface area contributed by atoms with Gasteiger partial charge >= 0.3 is 6.03 Å². The van der Waals surface area contributed by atoms with Crippen molar-refractivity contribution < 1.29 is 19.1 Å². The molecule has 0 aromatic rings. The van der Waals surface area contributed by atoms with Crippen LogP contribution in [0, 0.1) is 0 Å². The van der Waals surface area contributed by atoms with Crippen LogP contribution >= 0.6 is 0 Å². The number of imide groups is 1. The number of amides is 3. The van der Waals surface area contributed by atoms with Gasteiger partial charge in [-0.1, -0.05) is 0 Å². The highest BCUT2D eigenvalue weighted by Gasteiger charge is 2.53. The van der Waals surface area contributed by atoms with E-state index in [1.54, 1.807) is 0 Å². The lowest BCUT2D eigenvalue weighted by molar-refractivity contribution is -0.132. The summed E-state index contributed by atoms with van der Waals surface area (Å²) in [5.74, 6) is -0.355. The topological polar surface area (TPSA) is 75.7 Å². The fourth-order valence-corrected chi connectivity index (χ4v) is 1.75. The minimum Gasteiger partial charge on any atom is -0.378 e. The highest BCUT2D eigenvalue weighted by atomic mass is 16.5. The molecule has 1 unspecified atom stereocenters. The largest absolute Gasteiger partial charge is 0.378 e. The minimum absolute atomic E-state index is 0.188. The van der Waals surface area contributed by atoms with Gasteiger partial charge in [0, 0.05) is 13.0 Å². The van der Waals surface area contributed by atoms with Crippen molar-refractivity contribution in [1.29, 1.82) is 0 Å². The molecular formula is C8H10N2O4. The summed E-state index contributed by atoms with van der Waals surface area (Å²) >= 11 is 0. The summed E-state index contributed by atoms with van der Waals surface area (Å²) in [7, 11) is 0. The van der Waals surface area contributed by atoms with Crippen LogP contribution < -0.4 is 5.32 Å². The van der Waals surface area contributed by atoms with Gasteiger partial charge in [-0.3, -0.25) is 9.69 Å². The lowest BCUT2D eigenvalue weighted by Gasteiger charge is -2.17. The van der Waals surface area contributed by atoms with Gasteiger partial charge < -0.3 is 14.8 Å². The number of urea groups is 1. The molecule has 0 aromatic heterocycles. The van der Waals surface area contributed by atoms with Crippen molar-refractivity contribution in [2.75, 3.05) is 19.8 Å². The van der Waals surface area contributed by atoms with Gasteiger partial charge in [-0.05, 0) is 0 Å². The lowest BCUT2D eigenvalue weighted by atomic mass is 9.99. The summed E-state index contributed by atoms with van der Waals surface area (Å²) in [6.45, 7) is 0.473. The van der Waals surface area contributed by atoms with E-state index >= 15 is 0 Å². The molecule has 2 heterocycles. The molecule has 1 atom stereocenters. The molecule has 6 heteroatoms. The third kappa shape index (κ3) is 1.11. The summed E-state index contributed by atoms with van der Waals surface area (Å²) in [6, 6.07) is -0.507. The van der Waals surface area contributed by atoms with Crippen molar-refractivity contribution in [3.05, 3.63) is 0 Å². The average Bonchev–Trinajstić information content (AvgIpc) is 2.69. The first-order valence-electron chi connectivity index (χ1n) is 4.35. The quantitative estimate of drug-likeness (QED) is 0.451. The van der Waals surface area contributed by atoms with Crippen molar-refractivity contribution in [3.63, 3.8) is 0 Å². The molecule has 2 rings (SSSR count). The standard InChI is InChI=1S/C8H10N2O4/c11-3-2-10-6(12)8(9-7(10)13)1-4-14-5-8/h3H,1-2,4-5H2,(H,9,13). The Bertz CT molecular complexity index is 296. The van der Waals surface area contributed by atoms with E-state index in [9.17, 15) is 14.4 Å². The summed E-state index contributed by atoms with van der Waals surface area (Å²) in [5.41, 5.74) is -0.903. The van der Waals surface area contributed by atoms with Crippen LogP contribution in [0.4, 0.5) is 4.79 Å². The van der Waals surface area contributed by atoms with E-state index in [2.05, 4.69) is 5.32 Å². The van der Waals surface area contributed by atoms with Crippen LogP contribution in [0.1, 0.15) is 6.42 Å². The number of nitrogens with zero attached hydrogens (tertiary/aromatic N) is 1. The molecule has 2 aliphatic heterocycles. The number of hydrogen-bond donors (Lipinski definition) is 1. The van der Waals surface area contributed by atoms with Gasteiger partial charge in [-0.25, -0.2) is 4.79 Å². The van der Waals surface area contributed by atoms with Crippen molar-refractivity contribution in [1.82, 2.24) is 10.2 Å². The molecule has 76 valence electrons. The predicted octanol–water partition coefficient (Wildman–Crippen LogP) is -1.10. The first kappa shape index (κ1) is 9.14.